The smallest absolute Gasteiger partial charge is 0.139 e. The molecule has 0 unspecified atom stereocenters. The highest BCUT2D eigenvalue weighted by atomic mass is 16.1. The van der Waals surface area contributed by atoms with E-state index in [0.29, 0.717) is 17.1 Å². The van der Waals surface area contributed by atoms with E-state index in [1.165, 1.54) is 19.3 Å². The molecule has 2 saturated carbocycles. The Balaban J connectivity index is 2.11. The standard InChI is InChI=1S/C14H22O/c1-4-5-11-9-14(2,3)7-6-10-8-12(10)13(11)15/h4,10-12H,1,5-9H2,2-3H3/t10-,11-,12+/m0/s1. The highest BCUT2D eigenvalue weighted by molar-refractivity contribution is 5.86. The lowest BCUT2D eigenvalue weighted by Crippen LogP contribution is -2.26. The van der Waals surface area contributed by atoms with E-state index in [0.717, 1.165) is 18.8 Å². The summed E-state index contributed by atoms with van der Waals surface area (Å²) in [5.41, 5.74) is 0.344. The molecule has 0 heterocycles. The molecule has 0 saturated heterocycles. The zero-order valence-electron chi connectivity index (χ0n) is 9.96. The summed E-state index contributed by atoms with van der Waals surface area (Å²) in [5.74, 6) is 1.94. The number of ketones is 1. The lowest BCUT2D eigenvalue weighted by Gasteiger charge is -2.30. The Morgan fingerprint density at radius 2 is 2.27 bits per heavy atom. The van der Waals surface area contributed by atoms with E-state index in [9.17, 15) is 4.79 Å². The van der Waals surface area contributed by atoms with Crippen LogP contribution in [0.3, 0.4) is 0 Å². The first-order valence-electron chi connectivity index (χ1n) is 6.18. The van der Waals surface area contributed by atoms with Gasteiger partial charge in [0.25, 0.3) is 0 Å². The summed E-state index contributed by atoms with van der Waals surface area (Å²) in [4.78, 5) is 12.2. The van der Waals surface area contributed by atoms with Gasteiger partial charge in [-0.1, -0.05) is 19.9 Å². The molecular weight excluding hydrogens is 184 g/mol. The van der Waals surface area contributed by atoms with Gasteiger partial charge >= 0.3 is 0 Å². The molecule has 0 aromatic heterocycles. The van der Waals surface area contributed by atoms with Gasteiger partial charge in [0.1, 0.15) is 5.78 Å². The summed E-state index contributed by atoms with van der Waals surface area (Å²) < 4.78 is 0. The highest BCUT2D eigenvalue weighted by Gasteiger charge is 2.47. The zero-order valence-corrected chi connectivity index (χ0v) is 9.96. The minimum Gasteiger partial charge on any atom is -0.299 e. The Morgan fingerprint density at radius 1 is 1.53 bits per heavy atom. The molecule has 0 aromatic carbocycles. The fourth-order valence-corrected chi connectivity index (χ4v) is 3.06. The van der Waals surface area contributed by atoms with Crippen LogP contribution in [0.25, 0.3) is 0 Å². The average molecular weight is 206 g/mol. The van der Waals surface area contributed by atoms with Crippen molar-refractivity contribution in [1.29, 1.82) is 0 Å². The number of carbonyl (C=O) groups excluding carboxylic acids is 1. The van der Waals surface area contributed by atoms with E-state index in [4.69, 9.17) is 0 Å². The van der Waals surface area contributed by atoms with Crippen molar-refractivity contribution in [2.75, 3.05) is 0 Å². The monoisotopic (exact) mass is 206 g/mol. The van der Waals surface area contributed by atoms with Gasteiger partial charge in [-0.25, -0.2) is 0 Å². The number of hydrogen-bond donors (Lipinski definition) is 0. The molecule has 0 amide bonds. The minimum atomic E-state index is 0.257. The Morgan fingerprint density at radius 3 is 2.93 bits per heavy atom. The van der Waals surface area contributed by atoms with E-state index < -0.39 is 0 Å². The molecule has 2 aliphatic rings. The second-order valence-electron chi connectivity index (χ2n) is 6.13. The Hall–Kier alpha value is -0.590. The maximum atomic E-state index is 12.2. The lowest BCUT2D eigenvalue weighted by molar-refractivity contribution is -0.125. The third-order valence-electron chi connectivity index (χ3n) is 4.13. The Kier molecular flexibility index (Phi) is 2.74. The molecule has 3 atom stereocenters. The van der Waals surface area contributed by atoms with Crippen LogP contribution in [0, 0.1) is 23.2 Å². The van der Waals surface area contributed by atoms with Crippen LogP contribution in [0.5, 0.6) is 0 Å². The number of fused-ring (bicyclic) bond motifs is 1. The number of Topliss-reactive ketones (excluding diaryl/α,β-unsaturated/α-hetero) is 1. The molecule has 15 heavy (non-hydrogen) atoms. The summed E-state index contributed by atoms with van der Waals surface area (Å²) in [6.45, 7) is 8.39. The van der Waals surface area contributed by atoms with Crippen LogP contribution in [0.2, 0.25) is 0 Å². The van der Waals surface area contributed by atoms with E-state index in [2.05, 4.69) is 20.4 Å². The molecule has 0 spiro atoms. The van der Waals surface area contributed by atoms with Gasteiger partial charge in [-0.3, -0.25) is 4.79 Å². The lowest BCUT2D eigenvalue weighted by atomic mass is 9.74. The van der Waals surface area contributed by atoms with Crippen molar-refractivity contribution in [2.24, 2.45) is 23.2 Å². The van der Waals surface area contributed by atoms with Crippen LogP contribution >= 0.6 is 0 Å². The van der Waals surface area contributed by atoms with Crippen molar-refractivity contribution in [3.05, 3.63) is 12.7 Å². The highest BCUT2D eigenvalue weighted by Crippen LogP contribution is 2.50. The Labute approximate surface area is 92.9 Å². The SMILES string of the molecule is C=CC[C@H]1CC(C)(C)CC[C@H]2C[C@H]2C1=O. The van der Waals surface area contributed by atoms with E-state index >= 15 is 0 Å². The van der Waals surface area contributed by atoms with E-state index in [-0.39, 0.29) is 5.92 Å². The van der Waals surface area contributed by atoms with Crippen molar-refractivity contribution in [1.82, 2.24) is 0 Å². The van der Waals surface area contributed by atoms with Gasteiger partial charge in [-0.05, 0) is 43.4 Å². The first-order valence-corrected chi connectivity index (χ1v) is 6.18. The topological polar surface area (TPSA) is 17.1 Å². The van der Waals surface area contributed by atoms with Crippen LogP contribution in [-0.4, -0.2) is 5.78 Å². The minimum absolute atomic E-state index is 0.257. The van der Waals surface area contributed by atoms with Gasteiger partial charge in [-0.15, -0.1) is 6.58 Å². The zero-order chi connectivity index (χ0) is 11.1. The number of hydrogen-bond acceptors (Lipinski definition) is 1. The summed E-state index contributed by atoms with van der Waals surface area (Å²) in [7, 11) is 0. The van der Waals surface area contributed by atoms with Gasteiger partial charge in [0, 0.05) is 11.8 Å². The van der Waals surface area contributed by atoms with Gasteiger partial charge in [0.05, 0.1) is 0 Å². The van der Waals surface area contributed by atoms with Crippen LogP contribution in [-0.2, 0) is 4.79 Å². The van der Waals surface area contributed by atoms with Crippen molar-refractivity contribution < 1.29 is 4.79 Å². The predicted molar refractivity (Wildman–Crippen MR) is 62.5 cm³/mol. The normalized spacial score (nSPS) is 38.8. The molecule has 0 radical (unpaired) electrons. The summed E-state index contributed by atoms with van der Waals surface area (Å²) in [6, 6.07) is 0. The molecule has 84 valence electrons. The maximum Gasteiger partial charge on any atom is 0.139 e. The van der Waals surface area contributed by atoms with Gasteiger partial charge < -0.3 is 0 Å². The summed E-state index contributed by atoms with van der Waals surface area (Å²) >= 11 is 0. The molecule has 2 aliphatic carbocycles. The van der Waals surface area contributed by atoms with Gasteiger partial charge in [0.2, 0.25) is 0 Å². The first-order chi connectivity index (χ1) is 7.03. The van der Waals surface area contributed by atoms with Crippen molar-refractivity contribution in [3.8, 4) is 0 Å². The van der Waals surface area contributed by atoms with E-state index in [1.807, 2.05) is 6.08 Å². The quantitative estimate of drug-likeness (QED) is 0.631. The van der Waals surface area contributed by atoms with Crippen LogP contribution in [0.4, 0.5) is 0 Å². The van der Waals surface area contributed by atoms with Crippen molar-refractivity contribution >= 4 is 5.78 Å². The van der Waals surface area contributed by atoms with Gasteiger partial charge in [0.15, 0.2) is 0 Å². The van der Waals surface area contributed by atoms with Crippen LogP contribution < -0.4 is 0 Å². The number of carbonyl (C=O) groups is 1. The fraction of sp³-hybridized carbons (Fsp3) is 0.786. The summed E-state index contributed by atoms with van der Waals surface area (Å²) in [5, 5.41) is 0. The third-order valence-corrected chi connectivity index (χ3v) is 4.13. The number of allylic oxidation sites excluding steroid dienone is 1. The molecule has 0 aliphatic heterocycles. The largest absolute Gasteiger partial charge is 0.299 e. The molecule has 2 fully saturated rings. The average Bonchev–Trinajstić information content (AvgIpc) is 2.91. The molecule has 0 bridgehead atoms. The molecule has 1 nitrogen and oxygen atoms in total. The molecule has 0 N–H and O–H groups in total. The van der Waals surface area contributed by atoms with Gasteiger partial charge in [-0.2, -0.15) is 0 Å². The third kappa shape index (κ3) is 2.32. The molecular formula is C14H22O. The van der Waals surface area contributed by atoms with Crippen LogP contribution in [0.1, 0.15) is 46.0 Å². The number of rotatable bonds is 2. The Bertz CT molecular complexity index is 277. The maximum absolute atomic E-state index is 12.2. The molecule has 2 rings (SSSR count). The molecule has 0 aromatic rings. The van der Waals surface area contributed by atoms with E-state index in [1.54, 1.807) is 0 Å². The predicted octanol–water partition coefficient (Wildman–Crippen LogP) is 3.59. The second kappa shape index (κ2) is 3.77. The first kappa shape index (κ1) is 10.9. The van der Waals surface area contributed by atoms with Crippen molar-refractivity contribution in [2.45, 2.75) is 46.0 Å². The summed E-state index contributed by atoms with van der Waals surface area (Å²) in [6.07, 6.45) is 7.58. The second-order valence-corrected chi connectivity index (χ2v) is 6.13. The van der Waals surface area contributed by atoms with Crippen LogP contribution in [0.15, 0.2) is 12.7 Å². The fourth-order valence-electron chi connectivity index (χ4n) is 3.06. The molecule has 1 heteroatoms. The van der Waals surface area contributed by atoms with Crippen molar-refractivity contribution in [3.63, 3.8) is 0 Å².